The van der Waals surface area contributed by atoms with Crippen molar-refractivity contribution in [2.24, 2.45) is 4.99 Å². The summed E-state index contributed by atoms with van der Waals surface area (Å²) in [5.74, 6) is -0.0600. The molecule has 0 aromatic heterocycles. The summed E-state index contributed by atoms with van der Waals surface area (Å²) in [6.45, 7) is 4.63. The van der Waals surface area contributed by atoms with E-state index >= 15 is 0 Å². The fraction of sp³-hybridized carbons (Fsp3) is 0.333. The van der Waals surface area contributed by atoms with E-state index in [0.29, 0.717) is 5.71 Å². The maximum absolute atomic E-state index is 12.5. The highest BCUT2D eigenvalue weighted by Gasteiger charge is 2.42. The molecule has 0 saturated carbocycles. The third-order valence-corrected chi connectivity index (χ3v) is 5.58. The first-order chi connectivity index (χ1) is 12.5. The summed E-state index contributed by atoms with van der Waals surface area (Å²) in [4.78, 5) is 19.7. The summed E-state index contributed by atoms with van der Waals surface area (Å²) >= 11 is 6.28. The van der Waals surface area contributed by atoms with Crippen LogP contribution in [0.2, 0.25) is 5.02 Å². The van der Waals surface area contributed by atoms with Gasteiger partial charge in [0.1, 0.15) is 11.4 Å². The molecule has 2 aromatic rings. The van der Waals surface area contributed by atoms with Crippen LogP contribution >= 0.6 is 11.6 Å². The number of hydrogen-bond donors (Lipinski definition) is 1. The second kappa shape index (κ2) is 6.86. The van der Waals surface area contributed by atoms with Gasteiger partial charge >= 0.3 is 0 Å². The first-order valence-electron chi connectivity index (χ1n) is 9.00. The Balaban J connectivity index is 1.47. The van der Waals surface area contributed by atoms with Crippen molar-refractivity contribution >= 4 is 23.2 Å². The summed E-state index contributed by atoms with van der Waals surface area (Å²) in [5.41, 5.74) is 3.29. The van der Waals surface area contributed by atoms with E-state index in [1.807, 2.05) is 49.4 Å². The number of piperidine rings is 1. The number of carbonyl (C=O) groups excluding carboxylic acids is 1. The monoisotopic (exact) mass is 367 g/mol. The number of aliphatic imine (C=N–C) groups is 1. The third kappa shape index (κ3) is 3.39. The topological polar surface area (TPSA) is 44.7 Å². The molecule has 5 heteroatoms. The Hall–Kier alpha value is -2.17. The molecular weight excluding hydrogens is 346 g/mol. The smallest absolute Gasteiger partial charge is 0.272 e. The maximum atomic E-state index is 12.5. The summed E-state index contributed by atoms with van der Waals surface area (Å²) in [5, 5.41) is 3.94. The van der Waals surface area contributed by atoms with Crippen molar-refractivity contribution in [1.29, 1.82) is 0 Å². The minimum absolute atomic E-state index is 0.0600. The average molecular weight is 368 g/mol. The predicted molar refractivity (Wildman–Crippen MR) is 105 cm³/mol. The van der Waals surface area contributed by atoms with E-state index in [1.165, 1.54) is 0 Å². The van der Waals surface area contributed by atoms with Crippen molar-refractivity contribution in [2.75, 3.05) is 13.1 Å². The molecular formula is C21H22ClN3O. The maximum Gasteiger partial charge on any atom is 0.272 e. The number of hydrogen-bond acceptors (Lipinski definition) is 3. The molecule has 0 unspecified atom stereocenters. The molecule has 1 saturated heterocycles. The van der Waals surface area contributed by atoms with Crippen LogP contribution in [0, 0.1) is 6.92 Å². The van der Waals surface area contributed by atoms with Crippen molar-refractivity contribution in [2.45, 2.75) is 32.0 Å². The molecule has 1 N–H and O–H groups in total. The molecule has 4 rings (SSSR count). The Kier molecular flexibility index (Phi) is 4.55. The summed E-state index contributed by atoms with van der Waals surface area (Å²) in [7, 11) is 0. The predicted octanol–water partition coefficient (Wildman–Crippen LogP) is 3.56. The van der Waals surface area contributed by atoms with Crippen molar-refractivity contribution < 1.29 is 4.79 Å². The largest absolute Gasteiger partial charge is 0.326 e. The molecule has 26 heavy (non-hydrogen) atoms. The van der Waals surface area contributed by atoms with Crippen LogP contribution in [0.15, 0.2) is 53.5 Å². The van der Waals surface area contributed by atoms with Crippen LogP contribution < -0.4 is 5.32 Å². The molecule has 1 fully saturated rings. The molecule has 4 nitrogen and oxygen atoms in total. The standard InChI is InChI=1S/C21H22ClN3O/c1-15-5-4-7-16(13-15)19-20(26)24-21(23-19)9-11-25(12-10-21)14-17-6-2-3-8-18(17)22/h2-8,13H,9-12,14H2,1H3,(H,24,26). The SMILES string of the molecule is Cc1cccc(C2=NC3(CCN(Cc4ccccc4Cl)CC3)NC2=O)c1. The van der Waals surface area contributed by atoms with Crippen LogP contribution in [-0.2, 0) is 11.3 Å². The van der Waals surface area contributed by atoms with E-state index in [1.54, 1.807) is 0 Å². The van der Waals surface area contributed by atoms with Crippen molar-refractivity contribution in [3.8, 4) is 0 Å². The highest BCUT2D eigenvalue weighted by atomic mass is 35.5. The Morgan fingerprint density at radius 3 is 2.65 bits per heavy atom. The lowest BCUT2D eigenvalue weighted by atomic mass is 9.97. The van der Waals surface area contributed by atoms with Gasteiger partial charge in [-0.25, -0.2) is 0 Å². The number of nitrogens with one attached hydrogen (secondary N) is 1. The van der Waals surface area contributed by atoms with Gasteiger partial charge in [0.15, 0.2) is 0 Å². The quantitative estimate of drug-likeness (QED) is 0.901. The van der Waals surface area contributed by atoms with Crippen LogP contribution in [0.25, 0.3) is 0 Å². The lowest BCUT2D eigenvalue weighted by Gasteiger charge is -2.37. The van der Waals surface area contributed by atoms with Gasteiger partial charge in [0.2, 0.25) is 0 Å². The number of benzene rings is 2. The van der Waals surface area contributed by atoms with Crippen molar-refractivity contribution in [3.63, 3.8) is 0 Å². The molecule has 134 valence electrons. The van der Waals surface area contributed by atoms with Crippen LogP contribution in [0.1, 0.15) is 29.5 Å². The van der Waals surface area contributed by atoms with Gasteiger partial charge in [0.25, 0.3) is 5.91 Å². The van der Waals surface area contributed by atoms with Gasteiger partial charge in [0, 0.05) is 43.1 Å². The molecule has 1 amide bonds. The van der Waals surface area contributed by atoms with Gasteiger partial charge in [-0.3, -0.25) is 14.7 Å². The van der Waals surface area contributed by atoms with E-state index in [2.05, 4.69) is 16.3 Å². The van der Waals surface area contributed by atoms with Gasteiger partial charge in [-0.05, 0) is 24.6 Å². The van der Waals surface area contributed by atoms with Gasteiger partial charge in [-0.1, -0.05) is 53.6 Å². The minimum Gasteiger partial charge on any atom is -0.326 e. The minimum atomic E-state index is -0.451. The molecule has 2 aliphatic rings. The number of rotatable bonds is 3. The molecule has 0 radical (unpaired) electrons. The molecule has 2 heterocycles. The highest BCUT2D eigenvalue weighted by Crippen LogP contribution is 2.30. The molecule has 0 bridgehead atoms. The average Bonchev–Trinajstić information content (AvgIpc) is 2.95. The lowest BCUT2D eigenvalue weighted by Crippen LogP contribution is -2.50. The number of carbonyl (C=O) groups is 1. The van der Waals surface area contributed by atoms with Crippen LogP contribution in [0.4, 0.5) is 0 Å². The van der Waals surface area contributed by atoms with Gasteiger partial charge in [-0.15, -0.1) is 0 Å². The zero-order chi connectivity index (χ0) is 18.1. The summed E-state index contributed by atoms with van der Waals surface area (Å²) < 4.78 is 0. The Bertz CT molecular complexity index is 869. The van der Waals surface area contributed by atoms with Crippen molar-refractivity contribution in [1.82, 2.24) is 10.2 Å². The number of halogens is 1. The van der Waals surface area contributed by atoms with Crippen molar-refractivity contribution in [3.05, 3.63) is 70.2 Å². The summed E-state index contributed by atoms with van der Waals surface area (Å²) in [6, 6.07) is 15.9. The van der Waals surface area contributed by atoms with Gasteiger partial charge in [-0.2, -0.15) is 0 Å². The first kappa shape index (κ1) is 17.3. The molecule has 0 atom stereocenters. The van der Waals surface area contributed by atoms with Gasteiger partial charge < -0.3 is 5.32 Å². The van der Waals surface area contributed by atoms with E-state index in [9.17, 15) is 4.79 Å². The Morgan fingerprint density at radius 1 is 1.15 bits per heavy atom. The number of nitrogens with zero attached hydrogens (tertiary/aromatic N) is 2. The molecule has 0 aliphatic carbocycles. The summed E-state index contributed by atoms with van der Waals surface area (Å²) in [6.07, 6.45) is 1.64. The fourth-order valence-electron chi connectivity index (χ4n) is 3.74. The molecule has 1 spiro atoms. The fourth-order valence-corrected chi connectivity index (χ4v) is 3.93. The Morgan fingerprint density at radius 2 is 1.92 bits per heavy atom. The number of aryl methyl sites for hydroxylation is 1. The van der Waals surface area contributed by atoms with E-state index < -0.39 is 5.66 Å². The molecule has 2 aromatic carbocycles. The first-order valence-corrected chi connectivity index (χ1v) is 9.38. The van der Waals surface area contributed by atoms with Crippen LogP contribution in [0.3, 0.4) is 0 Å². The highest BCUT2D eigenvalue weighted by molar-refractivity contribution is 6.46. The number of amides is 1. The second-order valence-corrected chi connectivity index (χ2v) is 7.59. The lowest BCUT2D eigenvalue weighted by molar-refractivity contribution is -0.115. The second-order valence-electron chi connectivity index (χ2n) is 7.18. The van der Waals surface area contributed by atoms with E-state index in [0.717, 1.165) is 54.2 Å². The van der Waals surface area contributed by atoms with E-state index in [-0.39, 0.29) is 5.91 Å². The molecule has 2 aliphatic heterocycles. The zero-order valence-electron chi connectivity index (χ0n) is 14.8. The van der Waals surface area contributed by atoms with Crippen LogP contribution in [0.5, 0.6) is 0 Å². The Labute approximate surface area is 158 Å². The zero-order valence-corrected chi connectivity index (χ0v) is 15.6. The van der Waals surface area contributed by atoms with Crippen LogP contribution in [-0.4, -0.2) is 35.3 Å². The van der Waals surface area contributed by atoms with Gasteiger partial charge in [0.05, 0.1) is 0 Å². The van der Waals surface area contributed by atoms with E-state index in [4.69, 9.17) is 16.6 Å². The normalized spacial score (nSPS) is 19.5. The third-order valence-electron chi connectivity index (χ3n) is 5.21. The number of likely N-dealkylation sites (tertiary alicyclic amines) is 1.